The molecule has 5 rings (SSSR count). The standard InChI is InChI=1S/C22H21N3OS/c1-26-16-6-4-5-15(13-16)22-21-18(17-7-2-3-8-19(17)24-21)9-11-25(22)14-20-23-10-12-27-20/h2-8,10,12-13,22,24H,9,11,14H2,1H3/t22-/m0/s1. The Hall–Kier alpha value is -2.63. The van der Waals surface area contributed by atoms with Gasteiger partial charge in [-0.3, -0.25) is 4.90 Å². The topological polar surface area (TPSA) is 41.1 Å². The fraction of sp³-hybridized carbons (Fsp3) is 0.227. The van der Waals surface area contributed by atoms with Gasteiger partial charge in [0.05, 0.1) is 19.7 Å². The van der Waals surface area contributed by atoms with Crippen LogP contribution in [-0.2, 0) is 13.0 Å². The summed E-state index contributed by atoms with van der Waals surface area (Å²) in [5.41, 5.74) is 5.20. The monoisotopic (exact) mass is 375 g/mol. The van der Waals surface area contributed by atoms with Crippen molar-refractivity contribution in [1.29, 1.82) is 0 Å². The van der Waals surface area contributed by atoms with Crippen molar-refractivity contribution >= 4 is 22.2 Å². The Balaban J connectivity index is 1.64. The quantitative estimate of drug-likeness (QED) is 0.558. The first-order chi connectivity index (χ1) is 13.3. The van der Waals surface area contributed by atoms with Crippen LogP contribution in [-0.4, -0.2) is 28.5 Å². The number of fused-ring (bicyclic) bond motifs is 3. The average molecular weight is 375 g/mol. The van der Waals surface area contributed by atoms with Crippen LogP contribution in [0.5, 0.6) is 5.75 Å². The van der Waals surface area contributed by atoms with Crippen molar-refractivity contribution in [3.05, 3.63) is 81.9 Å². The Morgan fingerprint density at radius 1 is 1.22 bits per heavy atom. The number of nitrogens with one attached hydrogen (secondary N) is 1. The summed E-state index contributed by atoms with van der Waals surface area (Å²) in [7, 11) is 1.72. The zero-order valence-corrected chi connectivity index (χ0v) is 16.0. The van der Waals surface area contributed by atoms with Gasteiger partial charge in [-0.05, 0) is 35.7 Å². The minimum Gasteiger partial charge on any atom is -0.497 e. The molecule has 0 bridgehead atoms. The molecule has 1 atom stereocenters. The molecule has 0 unspecified atom stereocenters. The molecule has 2 aromatic heterocycles. The Labute approximate surface area is 162 Å². The van der Waals surface area contributed by atoms with Crippen LogP contribution in [0.15, 0.2) is 60.1 Å². The van der Waals surface area contributed by atoms with E-state index in [0.717, 1.165) is 30.3 Å². The molecule has 136 valence electrons. The molecule has 1 aliphatic heterocycles. The van der Waals surface area contributed by atoms with Gasteiger partial charge in [-0.15, -0.1) is 11.3 Å². The molecule has 3 heterocycles. The molecular formula is C22H21N3OS. The molecule has 0 fully saturated rings. The van der Waals surface area contributed by atoms with Gasteiger partial charge in [0, 0.05) is 34.7 Å². The number of nitrogens with zero attached hydrogens (tertiary/aromatic N) is 2. The summed E-state index contributed by atoms with van der Waals surface area (Å²) < 4.78 is 5.49. The minimum atomic E-state index is 0.167. The number of methoxy groups -OCH3 is 1. The number of benzene rings is 2. The summed E-state index contributed by atoms with van der Waals surface area (Å²) in [6.45, 7) is 1.87. The SMILES string of the molecule is COc1cccc([C@H]2c3[nH]c4ccccc4c3CCN2Cc2nccs2)c1. The molecule has 2 aromatic carbocycles. The lowest BCUT2D eigenvalue weighted by molar-refractivity contribution is 0.201. The van der Waals surface area contributed by atoms with Crippen LogP contribution < -0.4 is 4.74 Å². The fourth-order valence-corrected chi connectivity index (χ4v) is 4.80. The van der Waals surface area contributed by atoms with E-state index >= 15 is 0 Å². The first-order valence-electron chi connectivity index (χ1n) is 9.19. The third-order valence-electron chi connectivity index (χ3n) is 5.37. The van der Waals surface area contributed by atoms with Crippen LogP contribution in [0.2, 0.25) is 0 Å². The molecule has 0 radical (unpaired) electrons. The number of aromatic amines is 1. The summed E-state index contributed by atoms with van der Waals surface area (Å²) in [5.74, 6) is 0.893. The highest BCUT2D eigenvalue weighted by atomic mass is 32.1. The first-order valence-corrected chi connectivity index (χ1v) is 10.1. The van der Waals surface area contributed by atoms with Crippen molar-refractivity contribution < 1.29 is 4.74 Å². The third kappa shape index (κ3) is 2.93. The molecule has 27 heavy (non-hydrogen) atoms. The molecule has 0 aliphatic carbocycles. The van der Waals surface area contributed by atoms with Gasteiger partial charge < -0.3 is 9.72 Å². The zero-order chi connectivity index (χ0) is 18.2. The molecule has 5 heteroatoms. The molecule has 0 saturated heterocycles. The summed E-state index contributed by atoms with van der Waals surface area (Å²) in [6.07, 6.45) is 2.93. The van der Waals surface area contributed by atoms with Crippen LogP contribution in [0.25, 0.3) is 10.9 Å². The second-order valence-electron chi connectivity index (χ2n) is 6.89. The summed E-state index contributed by atoms with van der Waals surface area (Å²) in [5, 5.41) is 4.55. The zero-order valence-electron chi connectivity index (χ0n) is 15.2. The van der Waals surface area contributed by atoms with Gasteiger partial charge in [-0.2, -0.15) is 0 Å². The smallest absolute Gasteiger partial charge is 0.119 e. The van der Waals surface area contributed by atoms with Crippen molar-refractivity contribution in [2.45, 2.75) is 19.0 Å². The number of hydrogen-bond donors (Lipinski definition) is 1. The molecule has 0 saturated carbocycles. The van der Waals surface area contributed by atoms with Crippen LogP contribution >= 0.6 is 11.3 Å². The Bertz CT molecular complexity index is 1070. The van der Waals surface area contributed by atoms with E-state index in [0.29, 0.717) is 0 Å². The molecule has 1 N–H and O–H groups in total. The van der Waals surface area contributed by atoms with E-state index in [1.54, 1.807) is 18.4 Å². The van der Waals surface area contributed by atoms with E-state index in [9.17, 15) is 0 Å². The molecule has 0 spiro atoms. The van der Waals surface area contributed by atoms with Crippen molar-refractivity contribution in [2.75, 3.05) is 13.7 Å². The number of H-pyrrole nitrogens is 1. The summed E-state index contributed by atoms with van der Waals surface area (Å²) in [6, 6.07) is 17.2. The fourth-order valence-electron chi connectivity index (χ4n) is 4.15. The van der Waals surface area contributed by atoms with Gasteiger partial charge in [0.15, 0.2) is 0 Å². The Morgan fingerprint density at radius 2 is 2.15 bits per heavy atom. The highest BCUT2D eigenvalue weighted by Gasteiger charge is 2.32. The maximum Gasteiger partial charge on any atom is 0.119 e. The van der Waals surface area contributed by atoms with Crippen molar-refractivity contribution in [3.8, 4) is 5.75 Å². The molecular weight excluding hydrogens is 354 g/mol. The van der Waals surface area contributed by atoms with Gasteiger partial charge >= 0.3 is 0 Å². The summed E-state index contributed by atoms with van der Waals surface area (Å²) in [4.78, 5) is 10.7. The van der Waals surface area contributed by atoms with Gasteiger partial charge in [-0.25, -0.2) is 4.98 Å². The van der Waals surface area contributed by atoms with E-state index < -0.39 is 0 Å². The van der Waals surface area contributed by atoms with Gasteiger partial charge in [0.1, 0.15) is 10.8 Å². The van der Waals surface area contributed by atoms with E-state index in [2.05, 4.69) is 57.3 Å². The number of aromatic nitrogens is 2. The largest absolute Gasteiger partial charge is 0.497 e. The van der Waals surface area contributed by atoms with E-state index in [1.165, 1.54) is 27.7 Å². The molecule has 0 amide bonds. The first kappa shape index (κ1) is 16.5. The predicted octanol–water partition coefficient (Wildman–Crippen LogP) is 4.78. The lowest BCUT2D eigenvalue weighted by atomic mass is 9.92. The highest BCUT2D eigenvalue weighted by molar-refractivity contribution is 7.09. The second kappa shape index (κ2) is 6.83. The summed E-state index contributed by atoms with van der Waals surface area (Å²) >= 11 is 1.72. The van der Waals surface area contributed by atoms with E-state index in [-0.39, 0.29) is 6.04 Å². The molecule has 4 aromatic rings. The number of para-hydroxylation sites is 1. The minimum absolute atomic E-state index is 0.167. The van der Waals surface area contributed by atoms with Crippen LogP contribution in [0, 0.1) is 0 Å². The maximum atomic E-state index is 5.49. The number of rotatable bonds is 4. The number of hydrogen-bond acceptors (Lipinski definition) is 4. The van der Waals surface area contributed by atoms with Gasteiger partial charge in [-0.1, -0.05) is 30.3 Å². The van der Waals surface area contributed by atoms with Gasteiger partial charge in [0.2, 0.25) is 0 Å². The van der Waals surface area contributed by atoms with Crippen molar-refractivity contribution in [1.82, 2.24) is 14.9 Å². The van der Waals surface area contributed by atoms with Crippen LogP contribution in [0.4, 0.5) is 0 Å². The van der Waals surface area contributed by atoms with E-state index in [4.69, 9.17) is 4.74 Å². The predicted molar refractivity (Wildman–Crippen MR) is 109 cm³/mol. The number of thiazole rings is 1. The molecule has 4 nitrogen and oxygen atoms in total. The third-order valence-corrected chi connectivity index (χ3v) is 6.13. The van der Waals surface area contributed by atoms with Crippen molar-refractivity contribution in [2.24, 2.45) is 0 Å². The van der Waals surface area contributed by atoms with Crippen molar-refractivity contribution in [3.63, 3.8) is 0 Å². The van der Waals surface area contributed by atoms with Crippen LogP contribution in [0.3, 0.4) is 0 Å². The lowest BCUT2D eigenvalue weighted by Crippen LogP contribution is -2.35. The van der Waals surface area contributed by atoms with Crippen LogP contribution in [0.1, 0.15) is 27.9 Å². The number of ether oxygens (including phenoxy) is 1. The normalized spacial score (nSPS) is 17.1. The van der Waals surface area contributed by atoms with E-state index in [1.807, 2.05) is 17.6 Å². The second-order valence-corrected chi connectivity index (χ2v) is 7.87. The Kier molecular flexibility index (Phi) is 4.19. The Morgan fingerprint density at radius 3 is 3.00 bits per heavy atom. The lowest BCUT2D eigenvalue weighted by Gasteiger charge is -2.35. The van der Waals surface area contributed by atoms with Gasteiger partial charge in [0.25, 0.3) is 0 Å². The maximum absolute atomic E-state index is 5.49. The average Bonchev–Trinajstić information content (AvgIpc) is 3.35. The highest BCUT2D eigenvalue weighted by Crippen LogP contribution is 2.39. The molecule has 1 aliphatic rings.